The monoisotopic (exact) mass is 448 g/mol. The zero-order valence-corrected chi connectivity index (χ0v) is 19.0. The van der Waals surface area contributed by atoms with Gasteiger partial charge in [0, 0.05) is 5.56 Å². The zero-order chi connectivity index (χ0) is 23.6. The third kappa shape index (κ3) is 6.74. The van der Waals surface area contributed by atoms with Gasteiger partial charge >= 0.3 is 0 Å². The van der Waals surface area contributed by atoms with Gasteiger partial charge in [0.25, 0.3) is 0 Å². The van der Waals surface area contributed by atoms with Crippen LogP contribution in [-0.4, -0.2) is 33.1 Å². The van der Waals surface area contributed by atoms with Crippen LogP contribution >= 0.6 is 0 Å². The highest BCUT2D eigenvalue weighted by molar-refractivity contribution is 5.82. The van der Waals surface area contributed by atoms with Crippen molar-refractivity contribution in [2.75, 3.05) is 21.3 Å². The van der Waals surface area contributed by atoms with Crippen molar-refractivity contribution < 1.29 is 23.8 Å². The first-order chi connectivity index (χ1) is 16.0. The first kappa shape index (κ1) is 23.7. The lowest BCUT2D eigenvalue weighted by Gasteiger charge is -2.23. The van der Waals surface area contributed by atoms with E-state index >= 15 is 0 Å². The molecular formula is C26H28N2O5. The Balaban J connectivity index is 1.73. The van der Waals surface area contributed by atoms with Crippen molar-refractivity contribution in [1.82, 2.24) is 10.6 Å². The van der Waals surface area contributed by atoms with Crippen LogP contribution in [0.15, 0.2) is 72.8 Å². The molecule has 0 unspecified atom stereocenters. The molecule has 0 radical (unpaired) electrons. The van der Waals surface area contributed by atoms with Crippen LogP contribution in [0.1, 0.15) is 22.9 Å². The number of carbonyl (C=O) groups excluding carboxylic acids is 2. The molecule has 0 saturated heterocycles. The van der Waals surface area contributed by atoms with Gasteiger partial charge in [-0.05, 0) is 41.5 Å². The van der Waals surface area contributed by atoms with Crippen molar-refractivity contribution in [1.29, 1.82) is 0 Å². The van der Waals surface area contributed by atoms with Crippen LogP contribution in [0.5, 0.6) is 17.2 Å². The van der Waals surface area contributed by atoms with Gasteiger partial charge in [0.15, 0.2) is 0 Å². The minimum Gasteiger partial charge on any atom is -0.497 e. The molecule has 0 aliphatic carbocycles. The molecule has 3 aromatic carbocycles. The molecule has 3 rings (SSSR count). The van der Waals surface area contributed by atoms with E-state index in [1.165, 1.54) is 0 Å². The van der Waals surface area contributed by atoms with Gasteiger partial charge in [-0.2, -0.15) is 0 Å². The normalized spacial score (nSPS) is 10.4. The molecule has 0 aliphatic heterocycles. The van der Waals surface area contributed by atoms with Crippen LogP contribution in [0.3, 0.4) is 0 Å². The van der Waals surface area contributed by atoms with Gasteiger partial charge in [0.05, 0.1) is 34.2 Å². The second-order valence-corrected chi connectivity index (χ2v) is 7.36. The fourth-order valence-electron chi connectivity index (χ4n) is 3.38. The molecule has 3 aromatic rings. The average Bonchev–Trinajstić information content (AvgIpc) is 2.84. The van der Waals surface area contributed by atoms with Gasteiger partial charge in [-0.15, -0.1) is 0 Å². The highest BCUT2D eigenvalue weighted by Crippen LogP contribution is 2.24. The number of rotatable bonds is 10. The Morgan fingerprint density at radius 3 is 1.55 bits per heavy atom. The molecule has 0 atom stereocenters. The van der Waals surface area contributed by atoms with E-state index in [1.54, 1.807) is 51.7 Å². The summed E-state index contributed by atoms with van der Waals surface area (Å²) in [7, 11) is 4.73. The second-order valence-electron chi connectivity index (χ2n) is 7.36. The summed E-state index contributed by atoms with van der Waals surface area (Å²) in [5, 5.41) is 5.84. The summed E-state index contributed by atoms with van der Waals surface area (Å²) < 4.78 is 15.8. The molecule has 2 N–H and O–H groups in total. The van der Waals surface area contributed by atoms with Gasteiger partial charge in [0.1, 0.15) is 23.4 Å². The lowest BCUT2D eigenvalue weighted by atomic mass is 10.1. The number of benzene rings is 3. The summed E-state index contributed by atoms with van der Waals surface area (Å²) in [4.78, 5) is 25.6. The standard InChI is InChI=1S/C26H28N2O5/c1-31-20-12-8-18(9-13-20)16-24(29)27-26(22-6-4-5-7-23(22)33-3)28-25(30)17-19-10-14-21(32-2)15-11-19/h4-15,26H,16-17H2,1-3H3,(H,27,29)(H,28,30). The molecule has 2 amide bonds. The Morgan fingerprint density at radius 1 is 0.667 bits per heavy atom. The van der Waals surface area contributed by atoms with Gasteiger partial charge in [-0.1, -0.05) is 42.5 Å². The van der Waals surface area contributed by atoms with Crippen molar-refractivity contribution in [3.63, 3.8) is 0 Å². The predicted molar refractivity (Wildman–Crippen MR) is 125 cm³/mol. The average molecular weight is 449 g/mol. The number of methoxy groups -OCH3 is 3. The number of hydrogen-bond acceptors (Lipinski definition) is 5. The molecule has 0 saturated carbocycles. The maximum atomic E-state index is 12.8. The Hall–Kier alpha value is -4.00. The smallest absolute Gasteiger partial charge is 0.226 e. The quantitative estimate of drug-likeness (QED) is 0.464. The van der Waals surface area contributed by atoms with E-state index in [4.69, 9.17) is 14.2 Å². The third-order valence-electron chi connectivity index (χ3n) is 5.11. The number of hydrogen-bond donors (Lipinski definition) is 2. The maximum absolute atomic E-state index is 12.8. The molecule has 172 valence electrons. The van der Waals surface area contributed by atoms with E-state index in [-0.39, 0.29) is 24.7 Å². The van der Waals surface area contributed by atoms with E-state index in [0.717, 1.165) is 22.6 Å². The predicted octanol–water partition coefficient (Wildman–Crippen LogP) is 3.43. The first-order valence-electron chi connectivity index (χ1n) is 10.5. The van der Waals surface area contributed by atoms with Crippen molar-refractivity contribution in [3.05, 3.63) is 89.5 Å². The van der Waals surface area contributed by atoms with Crippen molar-refractivity contribution in [2.45, 2.75) is 19.0 Å². The number of ether oxygens (including phenoxy) is 3. The summed E-state index contributed by atoms with van der Waals surface area (Å²) in [5.74, 6) is 1.53. The SMILES string of the molecule is COc1ccc(CC(=O)NC(NC(=O)Cc2ccc(OC)cc2)c2ccccc2OC)cc1. The van der Waals surface area contributed by atoms with Crippen molar-refractivity contribution in [2.24, 2.45) is 0 Å². The minimum absolute atomic E-state index is 0.157. The summed E-state index contributed by atoms with van der Waals surface area (Å²) in [5.41, 5.74) is 2.32. The molecule has 0 heterocycles. The Bertz CT molecular complexity index is 1000. The third-order valence-corrected chi connectivity index (χ3v) is 5.11. The van der Waals surface area contributed by atoms with Gasteiger partial charge in [-0.3, -0.25) is 9.59 Å². The van der Waals surface area contributed by atoms with Crippen LogP contribution < -0.4 is 24.8 Å². The van der Waals surface area contributed by atoms with E-state index in [9.17, 15) is 9.59 Å². The van der Waals surface area contributed by atoms with E-state index in [1.807, 2.05) is 42.5 Å². The van der Waals surface area contributed by atoms with Gasteiger partial charge in [0.2, 0.25) is 11.8 Å². The Morgan fingerprint density at radius 2 is 1.12 bits per heavy atom. The molecule has 0 fully saturated rings. The molecule has 7 nitrogen and oxygen atoms in total. The number of nitrogens with one attached hydrogen (secondary N) is 2. The van der Waals surface area contributed by atoms with E-state index in [2.05, 4.69) is 10.6 Å². The molecule has 0 spiro atoms. The fraction of sp³-hybridized carbons (Fsp3) is 0.231. The topological polar surface area (TPSA) is 85.9 Å². The summed E-state index contributed by atoms with van der Waals surface area (Å²) in [6.07, 6.45) is -0.439. The molecule has 7 heteroatoms. The zero-order valence-electron chi connectivity index (χ0n) is 19.0. The maximum Gasteiger partial charge on any atom is 0.226 e. The summed E-state index contributed by atoms with van der Waals surface area (Å²) >= 11 is 0. The number of para-hydroxylation sites is 1. The van der Waals surface area contributed by atoms with Crippen molar-refractivity contribution in [3.8, 4) is 17.2 Å². The molecular weight excluding hydrogens is 420 g/mol. The Kier molecular flexibility index (Phi) is 8.30. The first-order valence-corrected chi connectivity index (χ1v) is 10.5. The summed E-state index contributed by atoms with van der Waals surface area (Å²) in [6, 6.07) is 21.8. The van der Waals surface area contributed by atoms with E-state index < -0.39 is 6.17 Å². The lowest BCUT2D eigenvalue weighted by molar-refractivity contribution is -0.123. The lowest BCUT2D eigenvalue weighted by Crippen LogP contribution is -2.42. The largest absolute Gasteiger partial charge is 0.497 e. The van der Waals surface area contributed by atoms with Crippen LogP contribution in [0.2, 0.25) is 0 Å². The van der Waals surface area contributed by atoms with E-state index in [0.29, 0.717) is 11.3 Å². The van der Waals surface area contributed by atoms with Gasteiger partial charge < -0.3 is 24.8 Å². The fourth-order valence-corrected chi connectivity index (χ4v) is 3.38. The second kappa shape index (κ2) is 11.6. The molecule has 0 aromatic heterocycles. The minimum atomic E-state index is -0.752. The summed E-state index contributed by atoms with van der Waals surface area (Å²) in [6.45, 7) is 0. The van der Waals surface area contributed by atoms with Crippen LogP contribution in [0, 0.1) is 0 Å². The molecule has 0 bridgehead atoms. The highest BCUT2D eigenvalue weighted by Gasteiger charge is 2.21. The molecule has 33 heavy (non-hydrogen) atoms. The highest BCUT2D eigenvalue weighted by atomic mass is 16.5. The van der Waals surface area contributed by atoms with Crippen molar-refractivity contribution >= 4 is 11.8 Å². The van der Waals surface area contributed by atoms with Crippen LogP contribution in [0.25, 0.3) is 0 Å². The number of carbonyl (C=O) groups is 2. The van der Waals surface area contributed by atoms with Crippen LogP contribution in [-0.2, 0) is 22.4 Å². The number of amides is 2. The Labute approximate surface area is 193 Å². The molecule has 0 aliphatic rings. The van der Waals surface area contributed by atoms with Gasteiger partial charge in [-0.25, -0.2) is 0 Å². The van der Waals surface area contributed by atoms with Crippen LogP contribution in [0.4, 0.5) is 0 Å².